The number of nitrogens with zero attached hydrogens (tertiary/aromatic N) is 1. The smallest absolute Gasteiger partial charge is 0.282 e. The maximum Gasteiger partial charge on any atom is 0.282 e. The molecule has 7 heavy (non-hydrogen) atoms. The molecular formula is C3H7N2OP. The summed E-state index contributed by atoms with van der Waals surface area (Å²) in [7, 11) is 2.50. The maximum absolute atomic E-state index is 5.14. The molecule has 0 saturated heterocycles. The van der Waals surface area contributed by atoms with Crippen molar-refractivity contribution in [3.8, 4) is 0 Å². The van der Waals surface area contributed by atoms with Crippen LogP contribution in [-0.2, 0) is 4.74 Å². The molecule has 1 aliphatic rings. The molecule has 1 aliphatic heterocycles. The minimum Gasteiger partial charge on any atom is -0.463 e. The van der Waals surface area contributed by atoms with Crippen molar-refractivity contribution in [1.82, 2.24) is 0 Å². The highest BCUT2D eigenvalue weighted by molar-refractivity contribution is 7.17. The fourth-order valence-corrected chi connectivity index (χ4v) is 0.652. The summed E-state index contributed by atoms with van der Waals surface area (Å²) >= 11 is 0. The number of hydrogen-bond donors (Lipinski definition) is 1. The van der Waals surface area contributed by atoms with Crippen molar-refractivity contribution >= 4 is 15.3 Å². The summed E-state index contributed by atoms with van der Waals surface area (Å²) in [5, 5.41) is 0. The molecule has 0 fully saturated rings. The molecule has 0 aromatic carbocycles. The van der Waals surface area contributed by atoms with Gasteiger partial charge in [-0.2, -0.15) is 0 Å². The van der Waals surface area contributed by atoms with Crippen LogP contribution in [0.25, 0.3) is 0 Å². The van der Waals surface area contributed by atoms with Gasteiger partial charge in [0.25, 0.3) is 6.02 Å². The van der Waals surface area contributed by atoms with E-state index in [0.29, 0.717) is 12.6 Å². The van der Waals surface area contributed by atoms with Crippen LogP contribution >= 0.6 is 9.24 Å². The van der Waals surface area contributed by atoms with Gasteiger partial charge in [0.15, 0.2) is 0 Å². The van der Waals surface area contributed by atoms with Gasteiger partial charge in [-0.1, -0.05) is 0 Å². The lowest BCUT2D eigenvalue weighted by Gasteiger charge is -1.89. The Morgan fingerprint density at radius 2 is 2.71 bits per heavy atom. The van der Waals surface area contributed by atoms with Crippen molar-refractivity contribution in [2.75, 3.05) is 6.61 Å². The van der Waals surface area contributed by atoms with Gasteiger partial charge in [0.1, 0.15) is 12.4 Å². The van der Waals surface area contributed by atoms with Gasteiger partial charge in [-0.25, -0.2) is 4.99 Å². The first-order chi connectivity index (χ1) is 3.29. The Morgan fingerprint density at radius 1 is 2.00 bits per heavy atom. The normalized spacial score (nSPS) is 29.3. The quantitative estimate of drug-likeness (QED) is 0.437. The van der Waals surface area contributed by atoms with E-state index in [1.165, 1.54) is 0 Å². The molecule has 1 rings (SSSR count). The van der Waals surface area contributed by atoms with Crippen molar-refractivity contribution in [3.05, 3.63) is 0 Å². The first-order valence-electron chi connectivity index (χ1n) is 2.00. The molecule has 0 aliphatic carbocycles. The molecule has 40 valence electrons. The SMILES string of the molecule is NC1=NC(P)CO1. The van der Waals surface area contributed by atoms with E-state index in [0.717, 1.165) is 0 Å². The molecule has 2 atom stereocenters. The van der Waals surface area contributed by atoms with Crippen molar-refractivity contribution in [2.24, 2.45) is 10.7 Å². The third-order valence-corrected chi connectivity index (χ3v) is 1.04. The van der Waals surface area contributed by atoms with E-state index in [-0.39, 0.29) is 5.78 Å². The molecule has 4 heteroatoms. The number of ether oxygens (including phenoxy) is 1. The molecule has 0 spiro atoms. The van der Waals surface area contributed by atoms with Gasteiger partial charge < -0.3 is 10.5 Å². The number of aliphatic imine (C=N–C) groups is 1. The van der Waals surface area contributed by atoms with Crippen molar-refractivity contribution in [1.29, 1.82) is 0 Å². The van der Waals surface area contributed by atoms with Crippen LogP contribution in [0.15, 0.2) is 4.99 Å². The maximum atomic E-state index is 5.14. The highest BCUT2D eigenvalue weighted by Crippen LogP contribution is 2.07. The second kappa shape index (κ2) is 1.66. The fraction of sp³-hybridized carbons (Fsp3) is 0.667. The predicted molar refractivity (Wildman–Crippen MR) is 31.1 cm³/mol. The minimum absolute atomic E-state index is 0.181. The Morgan fingerprint density at radius 3 is 2.86 bits per heavy atom. The first kappa shape index (κ1) is 4.85. The second-order valence-corrected chi connectivity index (χ2v) is 2.12. The highest BCUT2D eigenvalue weighted by Gasteiger charge is 2.09. The molecule has 1 heterocycles. The number of rotatable bonds is 0. The summed E-state index contributed by atoms with van der Waals surface area (Å²) in [6, 6.07) is 0.306. The molecule has 0 aromatic rings. The number of amidine groups is 1. The van der Waals surface area contributed by atoms with Crippen LogP contribution in [0.3, 0.4) is 0 Å². The molecular weight excluding hydrogens is 111 g/mol. The van der Waals surface area contributed by atoms with Gasteiger partial charge in [0, 0.05) is 0 Å². The van der Waals surface area contributed by atoms with E-state index in [2.05, 4.69) is 14.2 Å². The standard InChI is InChI=1S/C3H7N2OP/c4-3-5-2(7)1-6-3/h2H,1,7H2,(H2,4,5). The van der Waals surface area contributed by atoms with E-state index in [4.69, 9.17) is 10.5 Å². The molecule has 0 radical (unpaired) electrons. The molecule has 0 aromatic heterocycles. The molecule has 3 nitrogen and oxygen atoms in total. The Kier molecular flexibility index (Phi) is 1.15. The number of hydrogen-bond acceptors (Lipinski definition) is 3. The topological polar surface area (TPSA) is 47.6 Å². The highest BCUT2D eigenvalue weighted by atomic mass is 31.0. The van der Waals surface area contributed by atoms with Crippen LogP contribution < -0.4 is 5.73 Å². The Bertz CT molecular complexity index is 103. The monoisotopic (exact) mass is 118 g/mol. The Balaban J connectivity index is 2.50. The second-order valence-electron chi connectivity index (χ2n) is 1.35. The fourth-order valence-electron chi connectivity index (χ4n) is 0.409. The molecule has 2 unspecified atom stereocenters. The molecule has 0 amide bonds. The average Bonchev–Trinajstić information content (AvgIpc) is 1.87. The van der Waals surface area contributed by atoms with Crippen LogP contribution in [0.4, 0.5) is 0 Å². The zero-order valence-corrected chi connectivity index (χ0v) is 4.95. The van der Waals surface area contributed by atoms with Gasteiger partial charge in [-0.15, -0.1) is 9.24 Å². The van der Waals surface area contributed by atoms with Crippen molar-refractivity contribution < 1.29 is 4.74 Å². The molecule has 0 bridgehead atoms. The Hall–Kier alpha value is -0.300. The van der Waals surface area contributed by atoms with E-state index in [9.17, 15) is 0 Å². The van der Waals surface area contributed by atoms with Crippen LogP contribution in [0.5, 0.6) is 0 Å². The molecule has 2 N–H and O–H groups in total. The average molecular weight is 118 g/mol. The van der Waals surface area contributed by atoms with Gasteiger partial charge in [0.2, 0.25) is 0 Å². The summed E-state index contributed by atoms with van der Waals surface area (Å²) in [6.07, 6.45) is 0. The van der Waals surface area contributed by atoms with Gasteiger partial charge in [0.05, 0.1) is 0 Å². The third-order valence-electron chi connectivity index (χ3n) is 0.695. The van der Waals surface area contributed by atoms with Crippen LogP contribution in [0.2, 0.25) is 0 Å². The van der Waals surface area contributed by atoms with Crippen LogP contribution in [0.1, 0.15) is 0 Å². The summed E-state index contributed by atoms with van der Waals surface area (Å²) < 4.78 is 4.77. The minimum atomic E-state index is 0.181. The summed E-state index contributed by atoms with van der Waals surface area (Å²) in [6.45, 7) is 0.608. The molecule has 0 saturated carbocycles. The van der Waals surface area contributed by atoms with Gasteiger partial charge >= 0.3 is 0 Å². The van der Waals surface area contributed by atoms with Crippen molar-refractivity contribution in [2.45, 2.75) is 5.78 Å². The first-order valence-corrected chi connectivity index (χ1v) is 2.67. The summed E-state index contributed by atoms with van der Waals surface area (Å²) in [4.78, 5) is 3.82. The van der Waals surface area contributed by atoms with E-state index in [1.807, 2.05) is 0 Å². The van der Waals surface area contributed by atoms with Crippen LogP contribution in [-0.4, -0.2) is 18.4 Å². The van der Waals surface area contributed by atoms with E-state index < -0.39 is 0 Å². The number of nitrogens with two attached hydrogens (primary N) is 1. The predicted octanol–water partition coefficient (Wildman–Crippen LogP) is -0.468. The zero-order chi connectivity index (χ0) is 5.28. The lowest BCUT2D eigenvalue weighted by molar-refractivity contribution is 0.336. The third kappa shape index (κ3) is 1.03. The lowest BCUT2D eigenvalue weighted by Crippen LogP contribution is -2.10. The zero-order valence-electron chi connectivity index (χ0n) is 3.79. The summed E-state index contributed by atoms with van der Waals surface area (Å²) in [5.74, 6) is 0.181. The Labute approximate surface area is 44.1 Å². The van der Waals surface area contributed by atoms with Gasteiger partial charge in [-0.05, 0) is 0 Å². The lowest BCUT2D eigenvalue weighted by atomic mass is 10.7. The van der Waals surface area contributed by atoms with E-state index in [1.54, 1.807) is 0 Å². The summed E-state index contributed by atoms with van der Waals surface area (Å²) in [5.41, 5.74) is 5.14. The van der Waals surface area contributed by atoms with Crippen molar-refractivity contribution in [3.63, 3.8) is 0 Å². The van der Waals surface area contributed by atoms with Crippen LogP contribution in [0, 0.1) is 0 Å². The largest absolute Gasteiger partial charge is 0.463 e. The van der Waals surface area contributed by atoms with E-state index >= 15 is 0 Å². The van der Waals surface area contributed by atoms with Gasteiger partial charge in [-0.3, -0.25) is 0 Å².